The maximum Gasteiger partial charge on any atom is 0.113 e. The Morgan fingerprint density at radius 1 is 1.15 bits per heavy atom. The van der Waals surface area contributed by atoms with Crippen LogP contribution in [0.15, 0.2) is 24.0 Å². The van der Waals surface area contributed by atoms with Gasteiger partial charge in [0.25, 0.3) is 0 Å². The third kappa shape index (κ3) is 4.17. The van der Waals surface area contributed by atoms with Crippen molar-refractivity contribution >= 4 is 6.08 Å². The monoisotopic (exact) mass is 268 g/mol. The molecule has 0 aromatic heterocycles. The number of fused-ring (bicyclic) bond motifs is 1. The molecule has 1 aliphatic heterocycles. The maximum absolute atomic E-state index is 5.82. The smallest absolute Gasteiger partial charge is 0.113 e. The highest BCUT2D eigenvalue weighted by atomic mass is 16.5. The average Bonchev–Trinajstić information content (AvgIpc) is 2.49. The number of rotatable bonds is 5. The van der Waals surface area contributed by atoms with Crippen molar-refractivity contribution in [1.82, 2.24) is 0 Å². The summed E-state index contributed by atoms with van der Waals surface area (Å²) in [6.07, 6.45) is 9.02. The average molecular weight is 268 g/mol. The molecule has 20 heavy (non-hydrogen) atoms. The molecule has 2 rings (SSSR count). The van der Waals surface area contributed by atoms with E-state index in [0.717, 1.165) is 24.2 Å². The SMILES string of the molecule is CCCCC#Cc1ccc2c(c1)COC(CCCC)=C2. The lowest BCUT2D eigenvalue weighted by atomic mass is 10.0. The van der Waals surface area contributed by atoms with Gasteiger partial charge in [0.05, 0.1) is 5.76 Å². The van der Waals surface area contributed by atoms with Crippen LogP contribution in [0.5, 0.6) is 0 Å². The minimum Gasteiger partial charge on any atom is -0.493 e. The van der Waals surface area contributed by atoms with E-state index in [0.29, 0.717) is 6.61 Å². The molecular weight excluding hydrogens is 244 g/mol. The van der Waals surface area contributed by atoms with Crippen molar-refractivity contribution in [2.75, 3.05) is 0 Å². The minimum absolute atomic E-state index is 0.690. The van der Waals surface area contributed by atoms with Crippen molar-refractivity contribution in [3.05, 3.63) is 40.6 Å². The first-order chi connectivity index (χ1) is 9.83. The van der Waals surface area contributed by atoms with Crippen LogP contribution in [-0.4, -0.2) is 0 Å². The molecule has 1 heteroatoms. The zero-order valence-electron chi connectivity index (χ0n) is 12.7. The summed E-state index contributed by atoms with van der Waals surface area (Å²) in [5.41, 5.74) is 3.66. The number of benzene rings is 1. The quantitative estimate of drug-likeness (QED) is 0.521. The summed E-state index contributed by atoms with van der Waals surface area (Å²) in [6, 6.07) is 6.46. The van der Waals surface area contributed by atoms with Gasteiger partial charge in [-0.05, 0) is 42.2 Å². The third-order valence-corrected chi connectivity index (χ3v) is 3.54. The second-order valence-electron chi connectivity index (χ2n) is 5.32. The van der Waals surface area contributed by atoms with Crippen molar-refractivity contribution in [3.63, 3.8) is 0 Å². The highest BCUT2D eigenvalue weighted by Gasteiger charge is 2.11. The van der Waals surface area contributed by atoms with Crippen LogP contribution in [0.3, 0.4) is 0 Å². The number of ether oxygens (including phenoxy) is 1. The van der Waals surface area contributed by atoms with Crippen LogP contribution in [0.4, 0.5) is 0 Å². The Morgan fingerprint density at radius 3 is 2.80 bits per heavy atom. The molecule has 0 bridgehead atoms. The molecular formula is C19H24O. The number of unbranched alkanes of at least 4 members (excludes halogenated alkanes) is 3. The molecule has 0 saturated carbocycles. The van der Waals surface area contributed by atoms with Gasteiger partial charge in [0.2, 0.25) is 0 Å². The predicted octanol–water partition coefficient (Wildman–Crippen LogP) is 5.29. The molecule has 1 aliphatic rings. The first-order valence-electron chi connectivity index (χ1n) is 7.78. The Kier molecular flexibility index (Phi) is 5.74. The zero-order chi connectivity index (χ0) is 14.2. The summed E-state index contributed by atoms with van der Waals surface area (Å²) in [5, 5.41) is 0. The molecule has 106 valence electrons. The fraction of sp³-hybridized carbons (Fsp3) is 0.474. The lowest BCUT2D eigenvalue weighted by Crippen LogP contribution is -2.03. The highest BCUT2D eigenvalue weighted by Crippen LogP contribution is 2.25. The van der Waals surface area contributed by atoms with Gasteiger partial charge in [-0.3, -0.25) is 0 Å². The van der Waals surface area contributed by atoms with Crippen LogP contribution in [0.25, 0.3) is 6.08 Å². The first kappa shape index (κ1) is 14.7. The van der Waals surface area contributed by atoms with E-state index in [4.69, 9.17) is 4.74 Å². The Bertz CT molecular complexity index is 528. The molecule has 1 nitrogen and oxygen atoms in total. The van der Waals surface area contributed by atoms with Crippen LogP contribution in [0.1, 0.15) is 69.1 Å². The van der Waals surface area contributed by atoms with E-state index in [2.05, 4.69) is 50.0 Å². The Balaban J connectivity index is 2.06. The largest absolute Gasteiger partial charge is 0.493 e. The molecule has 0 amide bonds. The van der Waals surface area contributed by atoms with Gasteiger partial charge < -0.3 is 4.74 Å². The first-order valence-corrected chi connectivity index (χ1v) is 7.78. The lowest BCUT2D eigenvalue weighted by molar-refractivity contribution is 0.186. The summed E-state index contributed by atoms with van der Waals surface area (Å²) < 4.78 is 5.82. The lowest BCUT2D eigenvalue weighted by Gasteiger charge is -2.18. The van der Waals surface area contributed by atoms with Crippen molar-refractivity contribution in [2.45, 2.75) is 59.0 Å². The maximum atomic E-state index is 5.82. The molecule has 0 fully saturated rings. The third-order valence-electron chi connectivity index (χ3n) is 3.54. The summed E-state index contributed by atoms with van der Waals surface area (Å²) in [7, 11) is 0. The molecule has 0 N–H and O–H groups in total. The molecule has 0 unspecified atom stereocenters. The minimum atomic E-state index is 0.690. The van der Waals surface area contributed by atoms with E-state index in [1.54, 1.807) is 0 Å². The summed E-state index contributed by atoms with van der Waals surface area (Å²) in [5.74, 6) is 7.61. The zero-order valence-corrected chi connectivity index (χ0v) is 12.7. The van der Waals surface area contributed by atoms with Crippen LogP contribution in [-0.2, 0) is 11.3 Å². The van der Waals surface area contributed by atoms with Crippen LogP contribution in [0.2, 0.25) is 0 Å². The Morgan fingerprint density at radius 2 is 2.00 bits per heavy atom. The Hall–Kier alpha value is -1.68. The van der Waals surface area contributed by atoms with Crippen LogP contribution >= 0.6 is 0 Å². The van der Waals surface area contributed by atoms with Gasteiger partial charge in [-0.1, -0.05) is 44.6 Å². The molecule has 0 atom stereocenters. The highest BCUT2D eigenvalue weighted by molar-refractivity contribution is 5.59. The van der Waals surface area contributed by atoms with Gasteiger partial charge in [-0.2, -0.15) is 0 Å². The number of hydrogen-bond donors (Lipinski definition) is 0. The predicted molar refractivity (Wildman–Crippen MR) is 85.1 cm³/mol. The van der Waals surface area contributed by atoms with E-state index in [-0.39, 0.29) is 0 Å². The van der Waals surface area contributed by atoms with Crippen LogP contribution in [0, 0.1) is 11.8 Å². The number of hydrogen-bond acceptors (Lipinski definition) is 1. The van der Waals surface area contributed by atoms with Gasteiger partial charge in [0, 0.05) is 18.4 Å². The molecule has 1 heterocycles. The molecule has 1 aromatic rings. The van der Waals surface area contributed by atoms with E-state index >= 15 is 0 Å². The van der Waals surface area contributed by atoms with Crippen molar-refractivity contribution in [2.24, 2.45) is 0 Å². The van der Waals surface area contributed by atoms with E-state index in [9.17, 15) is 0 Å². The summed E-state index contributed by atoms with van der Waals surface area (Å²) in [4.78, 5) is 0. The fourth-order valence-corrected chi connectivity index (χ4v) is 2.26. The van der Waals surface area contributed by atoms with Gasteiger partial charge in [0.1, 0.15) is 6.61 Å². The Labute approximate surface area is 123 Å². The second kappa shape index (κ2) is 7.80. The fourth-order valence-electron chi connectivity index (χ4n) is 2.26. The summed E-state index contributed by atoms with van der Waals surface area (Å²) >= 11 is 0. The summed E-state index contributed by atoms with van der Waals surface area (Å²) in [6.45, 7) is 5.09. The number of allylic oxidation sites excluding steroid dienone is 1. The van der Waals surface area contributed by atoms with Gasteiger partial charge in [-0.25, -0.2) is 0 Å². The van der Waals surface area contributed by atoms with E-state index in [1.165, 1.54) is 36.8 Å². The topological polar surface area (TPSA) is 9.23 Å². The molecule has 0 radical (unpaired) electrons. The van der Waals surface area contributed by atoms with Gasteiger partial charge in [-0.15, -0.1) is 0 Å². The van der Waals surface area contributed by atoms with E-state index < -0.39 is 0 Å². The van der Waals surface area contributed by atoms with Crippen molar-refractivity contribution < 1.29 is 4.74 Å². The normalized spacial score (nSPS) is 12.8. The van der Waals surface area contributed by atoms with Crippen molar-refractivity contribution in [3.8, 4) is 11.8 Å². The second-order valence-corrected chi connectivity index (χ2v) is 5.32. The van der Waals surface area contributed by atoms with Crippen molar-refractivity contribution in [1.29, 1.82) is 0 Å². The standard InChI is InChI=1S/C19H24O/c1-3-5-7-8-9-16-11-12-17-14-19(10-6-4-2)20-15-18(17)13-16/h11-14H,3-7,10,15H2,1-2H3. The van der Waals surface area contributed by atoms with Crippen LogP contribution < -0.4 is 0 Å². The molecule has 0 saturated heterocycles. The van der Waals surface area contributed by atoms with Gasteiger partial charge >= 0.3 is 0 Å². The molecule has 1 aromatic carbocycles. The molecule has 0 aliphatic carbocycles. The van der Waals surface area contributed by atoms with E-state index in [1.807, 2.05) is 0 Å². The van der Waals surface area contributed by atoms with Gasteiger partial charge in [0.15, 0.2) is 0 Å². The molecule has 0 spiro atoms.